The van der Waals surface area contributed by atoms with E-state index in [1.165, 1.54) is 18.2 Å². The van der Waals surface area contributed by atoms with Gasteiger partial charge in [-0.2, -0.15) is 0 Å². The van der Waals surface area contributed by atoms with Crippen molar-refractivity contribution < 1.29 is 15.0 Å². The molecular weight excluding hydrogens is 298 g/mol. The van der Waals surface area contributed by atoms with Crippen LogP contribution in [0.2, 0.25) is 0 Å². The summed E-state index contributed by atoms with van der Waals surface area (Å²) >= 11 is 3.56. The third-order valence-corrected chi connectivity index (χ3v) is 4.13. The molecule has 0 atom stereocenters. The highest BCUT2D eigenvalue weighted by molar-refractivity contribution is 9.09. The Balaban J connectivity index is 2.01. The lowest BCUT2D eigenvalue weighted by Crippen LogP contribution is -2.37. The van der Waals surface area contributed by atoms with Crippen LogP contribution in [-0.4, -0.2) is 27.0 Å². The van der Waals surface area contributed by atoms with E-state index in [2.05, 4.69) is 21.2 Å². The van der Waals surface area contributed by atoms with E-state index in [9.17, 15) is 15.0 Å². The molecule has 1 amide bonds. The molecule has 0 spiro atoms. The molecule has 0 radical (unpaired) electrons. The average molecular weight is 314 g/mol. The predicted octanol–water partition coefficient (Wildman–Crippen LogP) is 2.53. The molecule has 98 valence electrons. The number of rotatable bonds is 2. The van der Waals surface area contributed by atoms with Crippen molar-refractivity contribution in [3.05, 3.63) is 23.8 Å². The summed E-state index contributed by atoms with van der Waals surface area (Å²) in [7, 11) is 0. The number of alkyl halides is 1. The summed E-state index contributed by atoms with van der Waals surface area (Å²) < 4.78 is 0. The van der Waals surface area contributed by atoms with Crippen LogP contribution in [-0.2, 0) is 0 Å². The highest BCUT2D eigenvalue weighted by Crippen LogP contribution is 2.26. The maximum atomic E-state index is 12.0. The fourth-order valence-corrected chi connectivity index (χ4v) is 2.69. The van der Waals surface area contributed by atoms with Crippen molar-refractivity contribution in [1.29, 1.82) is 0 Å². The second kappa shape index (κ2) is 5.61. The highest BCUT2D eigenvalue weighted by atomic mass is 79.9. The first-order valence-electron chi connectivity index (χ1n) is 6.03. The van der Waals surface area contributed by atoms with E-state index >= 15 is 0 Å². The summed E-state index contributed by atoms with van der Waals surface area (Å²) in [6, 6.07) is 4.09. The van der Waals surface area contributed by atoms with Crippen molar-refractivity contribution in [2.75, 3.05) is 0 Å². The molecule has 0 aliphatic heterocycles. The van der Waals surface area contributed by atoms with E-state index in [0.29, 0.717) is 4.83 Å². The third kappa shape index (κ3) is 3.16. The topological polar surface area (TPSA) is 69.6 Å². The van der Waals surface area contributed by atoms with Crippen LogP contribution < -0.4 is 5.32 Å². The lowest BCUT2D eigenvalue weighted by Gasteiger charge is -2.26. The van der Waals surface area contributed by atoms with Gasteiger partial charge in [-0.1, -0.05) is 15.9 Å². The first-order valence-corrected chi connectivity index (χ1v) is 6.94. The van der Waals surface area contributed by atoms with E-state index in [1.807, 2.05) is 0 Å². The standard InChI is InChI=1S/C13H16BrNO3/c14-8-1-3-9(4-2-8)15-13(18)11-7-10(16)5-6-12(11)17/h5-9,16-17H,1-4H2,(H,15,18). The van der Waals surface area contributed by atoms with E-state index in [-0.39, 0.29) is 29.0 Å². The number of phenolic OH excluding ortho intramolecular Hbond substituents is 2. The Hall–Kier alpha value is -1.23. The molecule has 1 aromatic carbocycles. The Labute approximate surface area is 114 Å². The van der Waals surface area contributed by atoms with Gasteiger partial charge in [-0.25, -0.2) is 0 Å². The highest BCUT2D eigenvalue weighted by Gasteiger charge is 2.22. The molecule has 0 heterocycles. The number of carbonyl (C=O) groups excluding carboxylic acids is 1. The maximum Gasteiger partial charge on any atom is 0.255 e. The van der Waals surface area contributed by atoms with Crippen LogP contribution in [0.15, 0.2) is 18.2 Å². The van der Waals surface area contributed by atoms with Crippen molar-refractivity contribution in [3.8, 4) is 11.5 Å². The zero-order chi connectivity index (χ0) is 13.1. The molecule has 0 bridgehead atoms. The van der Waals surface area contributed by atoms with E-state index < -0.39 is 0 Å². The minimum Gasteiger partial charge on any atom is -0.508 e. The van der Waals surface area contributed by atoms with Crippen molar-refractivity contribution >= 4 is 21.8 Å². The van der Waals surface area contributed by atoms with Gasteiger partial charge >= 0.3 is 0 Å². The molecule has 0 unspecified atom stereocenters. The molecule has 0 aromatic heterocycles. The van der Waals surface area contributed by atoms with Crippen LogP contribution in [0.1, 0.15) is 36.0 Å². The minimum absolute atomic E-state index is 0.0258. The maximum absolute atomic E-state index is 12.0. The molecule has 0 saturated heterocycles. The van der Waals surface area contributed by atoms with E-state index in [0.717, 1.165) is 25.7 Å². The monoisotopic (exact) mass is 313 g/mol. The van der Waals surface area contributed by atoms with Crippen molar-refractivity contribution in [2.24, 2.45) is 0 Å². The number of hydrogen-bond donors (Lipinski definition) is 3. The smallest absolute Gasteiger partial charge is 0.255 e. The summed E-state index contributed by atoms with van der Waals surface area (Å²) in [6.07, 6.45) is 3.94. The number of hydrogen-bond acceptors (Lipinski definition) is 3. The Morgan fingerprint density at radius 3 is 2.56 bits per heavy atom. The van der Waals surface area contributed by atoms with Crippen molar-refractivity contribution in [2.45, 2.75) is 36.6 Å². The molecule has 1 aromatic rings. The number of halogens is 1. The summed E-state index contributed by atoms with van der Waals surface area (Å²) in [6.45, 7) is 0. The van der Waals surface area contributed by atoms with Crippen LogP contribution in [0.5, 0.6) is 11.5 Å². The Morgan fingerprint density at radius 2 is 1.89 bits per heavy atom. The van der Waals surface area contributed by atoms with Gasteiger partial charge in [-0.15, -0.1) is 0 Å². The normalized spacial score (nSPS) is 23.6. The van der Waals surface area contributed by atoms with Crippen LogP contribution in [0.4, 0.5) is 0 Å². The largest absolute Gasteiger partial charge is 0.508 e. The van der Waals surface area contributed by atoms with Crippen molar-refractivity contribution in [1.82, 2.24) is 5.32 Å². The quantitative estimate of drug-likeness (QED) is 0.580. The summed E-state index contributed by atoms with van der Waals surface area (Å²) in [4.78, 5) is 12.5. The van der Waals surface area contributed by atoms with Gasteiger partial charge in [0.25, 0.3) is 5.91 Å². The zero-order valence-corrected chi connectivity index (χ0v) is 11.5. The molecule has 1 fully saturated rings. The molecule has 18 heavy (non-hydrogen) atoms. The first-order chi connectivity index (χ1) is 8.56. The van der Waals surface area contributed by atoms with Gasteiger partial charge in [-0.3, -0.25) is 4.79 Å². The molecular formula is C13H16BrNO3. The minimum atomic E-state index is -0.332. The predicted molar refractivity (Wildman–Crippen MR) is 72.2 cm³/mol. The molecule has 1 aliphatic rings. The van der Waals surface area contributed by atoms with Crippen molar-refractivity contribution in [3.63, 3.8) is 0 Å². The summed E-state index contributed by atoms with van der Waals surface area (Å²) in [5.74, 6) is -0.469. The van der Waals surface area contributed by atoms with E-state index in [1.54, 1.807) is 0 Å². The van der Waals surface area contributed by atoms with Crippen LogP contribution in [0.25, 0.3) is 0 Å². The number of benzene rings is 1. The fraction of sp³-hybridized carbons (Fsp3) is 0.462. The van der Waals surface area contributed by atoms with Crippen LogP contribution in [0.3, 0.4) is 0 Å². The van der Waals surface area contributed by atoms with E-state index in [4.69, 9.17) is 0 Å². The lowest BCUT2D eigenvalue weighted by molar-refractivity contribution is 0.0925. The van der Waals surface area contributed by atoms with Gasteiger partial charge in [0.15, 0.2) is 0 Å². The second-order valence-electron chi connectivity index (χ2n) is 4.62. The number of aromatic hydroxyl groups is 2. The summed E-state index contributed by atoms with van der Waals surface area (Å²) in [5, 5.41) is 21.8. The van der Waals surface area contributed by atoms with Gasteiger partial charge in [0.2, 0.25) is 0 Å². The Morgan fingerprint density at radius 1 is 1.22 bits per heavy atom. The zero-order valence-electron chi connectivity index (χ0n) is 9.90. The Bertz CT molecular complexity index is 442. The van der Waals surface area contributed by atoms with Gasteiger partial charge in [-0.05, 0) is 43.9 Å². The molecule has 2 rings (SSSR count). The van der Waals surface area contributed by atoms with Gasteiger partial charge in [0, 0.05) is 10.9 Å². The third-order valence-electron chi connectivity index (χ3n) is 3.22. The molecule has 1 saturated carbocycles. The number of phenols is 2. The van der Waals surface area contributed by atoms with Gasteiger partial charge in [0.05, 0.1) is 5.56 Å². The van der Waals surface area contributed by atoms with Crippen LogP contribution in [0, 0.1) is 0 Å². The Kier molecular flexibility index (Phi) is 4.11. The number of nitrogens with one attached hydrogen (secondary N) is 1. The molecule has 4 nitrogen and oxygen atoms in total. The number of amides is 1. The summed E-state index contributed by atoms with van der Waals surface area (Å²) in [5.41, 5.74) is 0.121. The fourth-order valence-electron chi connectivity index (χ4n) is 2.17. The van der Waals surface area contributed by atoms with Gasteiger partial charge in [0.1, 0.15) is 11.5 Å². The SMILES string of the molecule is O=C(NC1CCC(Br)CC1)c1cc(O)ccc1O. The molecule has 1 aliphatic carbocycles. The molecule has 3 N–H and O–H groups in total. The number of carbonyl (C=O) groups is 1. The average Bonchev–Trinajstić information content (AvgIpc) is 2.35. The van der Waals surface area contributed by atoms with Gasteiger partial charge < -0.3 is 15.5 Å². The van der Waals surface area contributed by atoms with Crippen LogP contribution >= 0.6 is 15.9 Å². The second-order valence-corrected chi connectivity index (χ2v) is 5.92. The first kappa shape index (κ1) is 13.2. The lowest BCUT2D eigenvalue weighted by atomic mass is 9.95. The molecule has 5 heteroatoms.